The molecule has 6 nitrogen and oxygen atoms in total. The van der Waals surface area contributed by atoms with Gasteiger partial charge in [-0.1, -0.05) is 25.7 Å². The molecule has 1 heterocycles. The molecular formula is C19H27N5O. The molecule has 1 N–H and O–H groups in total. The Hall–Kier alpha value is -2.21. The van der Waals surface area contributed by atoms with Crippen LogP contribution in [0.15, 0.2) is 36.9 Å². The van der Waals surface area contributed by atoms with Crippen LogP contribution >= 0.6 is 0 Å². The van der Waals surface area contributed by atoms with Crippen molar-refractivity contribution in [3.8, 4) is 5.69 Å². The summed E-state index contributed by atoms with van der Waals surface area (Å²) in [6.07, 6.45) is 10.6. The Morgan fingerprint density at radius 2 is 1.68 bits per heavy atom. The number of nitrogens with zero attached hydrogens (tertiary/aromatic N) is 4. The fraction of sp³-hybridized carbons (Fsp3) is 0.526. The molecule has 2 aromatic rings. The van der Waals surface area contributed by atoms with E-state index in [1.165, 1.54) is 25.7 Å². The minimum Gasteiger partial charge on any atom is -0.350 e. The molecular weight excluding hydrogens is 314 g/mol. The molecule has 1 amide bonds. The number of likely N-dealkylation sites (N-methyl/N-ethyl adjacent to an activating group) is 1. The van der Waals surface area contributed by atoms with E-state index in [0.29, 0.717) is 12.1 Å². The zero-order valence-corrected chi connectivity index (χ0v) is 15.1. The summed E-state index contributed by atoms with van der Waals surface area (Å²) in [6, 6.07) is 7.51. The van der Waals surface area contributed by atoms with E-state index in [1.54, 1.807) is 12.7 Å². The quantitative estimate of drug-likeness (QED) is 0.849. The maximum absolute atomic E-state index is 12.6. The monoisotopic (exact) mass is 341 g/mol. The van der Waals surface area contributed by atoms with Crippen molar-refractivity contribution in [1.29, 1.82) is 0 Å². The lowest BCUT2D eigenvalue weighted by atomic mass is 9.88. The highest BCUT2D eigenvalue weighted by atomic mass is 16.1. The normalized spacial score (nSPS) is 17.2. The summed E-state index contributed by atoms with van der Waals surface area (Å²) in [6.45, 7) is 0.700. The van der Waals surface area contributed by atoms with Crippen LogP contribution in [0.3, 0.4) is 0 Å². The summed E-state index contributed by atoms with van der Waals surface area (Å²) in [4.78, 5) is 14.9. The first-order valence-corrected chi connectivity index (χ1v) is 9.01. The number of amides is 1. The molecule has 1 aromatic heterocycles. The van der Waals surface area contributed by atoms with Gasteiger partial charge in [-0.3, -0.25) is 9.36 Å². The van der Waals surface area contributed by atoms with Gasteiger partial charge in [0.15, 0.2) is 0 Å². The maximum atomic E-state index is 12.6. The van der Waals surface area contributed by atoms with Crippen LogP contribution in [0.1, 0.15) is 48.9 Å². The molecule has 1 aliphatic rings. The van der Waals surface area contributed by atoms with Gasteiger partial charge in [0.25, 0.3) is 5.91 Å². The highest BCUT2D eigenvalue weighted by molar-refractivity contribution is 5.94. The van der Waals surface area contributed by atoms with E-state index >= 15 is 0 Å². The molecule has 25 heavy (non-hydrogen) atoms. The Balaban J connectivity index is 1.65. The summed E-state index contributed by atoms with van der Waals surface area (Å²) >= 11 is 0. The molecule has 134 valence electrons. The number of hydrogen-bond acceptors (Lipinski definition) is 4. The van der Waals surface area contributed by atoms with E-state index in [2.05, 4.69) is 34.5 Å². The Kier molecular flexibility index (Phi) is 5.48. The summed E-state index contributed by atoms with van der Waals surface area (Å²) in [5.74, 6) is -0.0132. The standard InChI is InChI=1S/C19H27N5O/c1-23(2)19(11-5-3-4-6-12-19)13-20-18(25)16-7-9-17(10-8-16)24-14-21-22-15-24/h7-10,14-15H,3-6,11-13H2,1-2H3,(H,20,25). The van der Waals surface area contributed by atoms with Crippen LogP contribution in [-0.2, 0) is 0 Å². The molecule has 1 aromatic carbocycles. The largest absolute Gasteiger partial charge is 0.350 e. The molecule has 1 aliphatic carbocycles. The predicted octanol–water partition coefficient (Wildman–Crippen LogP) is 2.65. The second-order valence-electron chi connectivity index (χ2n) is 7.13. The first-order chi connectivity index (χ1) is 12.1. The van der Waals surface area contributed by atoms with Crippen molar-refractivity contribution < 1.29 is 4.79 Å². The van der Waals surface area contributed by atoms with Gasteiger partial charge in [-0.05, 0) is 51.2 Å². The third-order valence-corrected chi connectivity index (χ3v) is 5.41. The van der Waals surface area contributed by atoms with Crippen LogP contribution in [0.5, 0.6) is 0 Å². The van der Waals surface area contributed by atoms with E-state index < -0.39 is 0 Å². The van der Waals surface area contributed by atoms with Crippen molar-refractivity contribution in [3.63, 3.8) is 0 Å². The van der Waals surface area contributed by atoms with Crippen LogP contribution < -0.4 is 5.32 Å². The number of benzene rings is 1. The second kappa shape index (κ2) is 7.78. The van der Waals surface area contributed by atoms with E-state index in [9.17, 15) is 4.79 Å². The molecule has 0 spiro atoms. The first-order valence-electron chi connectivity index (χ1n) is 9.01. The average Bonchev–Trinajstić information content (AvgIpc) is 3.05. The van der Waals surface area contributed by atoms with Crippen molar-refractivity contribution in [2.24, 2.45) is 0 Å². The number of rotatable bonds is 5. The fourth-order valence-corrected chi connectivity index (χ4v) is 3.63. The second-order valence-corrected chi connectivity index (χ2v) is 7.13. The molecule has 0 unspecified atom stereocenters. The Labute approximate surface area is 149 Å². The van der Waals surface area contributed by atoms with Gasteiger partial charge in [0, 0.05) is 23.3 Å². The lowest BCUT2D eigenvalue weighted by Gasteiger charge is -2.39. The summed E-state index contributed by atoms with van der Waals surface area (Å²) in [5, 5.41) is 10.8. The minimum atomic E-state index is -0.0132. The number of carbonyl (C=O) groups excluding carboxylic acids is 1. The fourth-order valence-electron chi connectivity index (χ4n) is 3.63. The van der Waals surface area contributed by atoms with Crippen LogP contribution in [0, 0.1) is 0 Å². The molecule has 1 fully saturated rings. The molecule has 0 saturated heterocycles. The third kappa shape index (κ3) is 4.07. The SMILES string of the molecule is CN(C)C1(CNC(=O)c2ccc(-n3cnnc3)cc2)CCCCCC1. The van der Waals surface area contributed by atoms with Gasteiger partial charge in [0.1, 0.15) is 12.7 Å². The average molecular weight is 341 g/mol. The van der Waals surface area contributed by atoms with Gasteiger partial charge in [-0.2, -0.15) is 0 Å². The maximum Gasteiger partial charge on any atom is 0.251 e. The Morgan fingerprint density at radius 1 is 1.08 bits per heavy atom. The van der Waals surface area contributed by atoms with Gasteiger partial charge in [-0.15, -0.1) is 10.2 Å². The molecule has 3 rings (SSSR count). The number of nitrogens with one attached hydrogen (secondary N) is 1. The summed E-state index contributed by atoms with van der Waals surface area (Å²) < 4.78 is 1.81. The molecule has 0 aliphatic heterocycles. The van der Waals surface area contributed by atoms with Crippen molar-refractivity contribution in [3.05, 3.63) is 42.5 Å². The highest BCUT2D eigenvalue weighted by Gasteiger charge is 2.33. The van der Waals surface area contributed by atoms with E-state index in [4.69, 9.17) is 0 Å². The van der Waals surface area contributed by atoms with Crippen molar-refractivity contribution in [2.45, 2.75) is 44.1 Å². The van der Waals surface area contributed by atoms with E-state index in [1.807, 2.05) is 28.8 Å². The van der Waals surface area contributed by atoms with Crippen molar-refractivity contribution >= 4 is 5.91 Å². The third-order valence-electron chi connectivity index (χ3n) is 5.41. The van der Waals surface area contributed by atoms with E-state index in [0.717, 1.165) is 18.5 Å². The smallest absolute Gasteiger partial charge is 0.251 e. The first kappa shape index (κ1) is 17.6. The Morgan fingerprint density at radius 3 is 2.24 bits per heavy atom. The Bertz CT molecular complexity index is 670. The van der Waals surface area contributed by atoms with Crippen molar-refractivity contribution in [2.75, 3.05) is 20.6 Å². The summed E-state index contributed by atoms with van der Waals surface area (Å²) in [7, 11) is 4.26. The van der Waals surface area contributed by atoms with Gasteiger partial charge in [0.05, 0.1) is 0 Å². The number of aromatic nitrogens is 3. The lowest BCUT2D eigenvalue weighted by molar-refractivity contribution is 0.0869. The van der Waals surface area contributed by atoms with Gasteiger partial charge in [-0.25, -0.2) is 0 Å². The van der Waals surface area contributed by atoms with Crippen LogP contribution in [0.25, 0.3) is 5.69 Å². The van der Waals surface area contributed by atoms with Gasteiger partial charge in [0.2, 0.25) is 0 Å². The van der Waals surface area contributed by atoms with Crippen molar-refractivity contribution in [1.82, 2.24) is 25.0 Å². The van der Waals surface area contributed by atoms with Crippen LogP contribution in [0.2, 0.25) is 0 Å². The van der Waals surface area contributed by atoms with Gasteiger partial charge >= 0.3 is 0 Å². The molecule has 6 heteroatoms. The van der Waals surface area contributed by atoms with Crippen LogP contribution in [0.4, 0.5) is 0 Å². The molecule has 0 radical (unpaired) electrons. The molecule has 0 atom stereocenters. The zero-order valence-electron chi connectivity index (χ0n) is 15.1. The predicted molar refractivity (Wildman–Crippen MR) is 97.8 cm³/mol. The van der Waals surface area contributed by atoms with E-state index in [-0.39, 0.29) is 11.4 Å². The summed E-state index contributed by atoms with van der Waals surface area (Å²) in [5.41, 5.74) is 1.70. The molecule has 1 saturated carbocycles. The number of hydrogen-bond donors (Lipinski definition) is 1. The highest BCUT2D eigenvalue weighted by Crippen LogP contribution is 2.30. The molecule has 0 bridgehead atoms. The topological polar surface area (TPSA) is 63.1 Å². The zero-order chi connectivity index (χ0) is 17.7. The number of carbonyl (C=O) groups is 1. The van der Waals surface area contributed by atoms with Crippen LogP contribution in [-0.4, -0.2) is 51.8 Å². The minimum absolute atomic E-state index is 0.0132. The lowest BCUT2D eigenvalue weighted by Crippen LogP contribution is -2.52. The van der Waals surface area contributed by atoms with Gasteiger partial charge < -0.3 is 10.2 Å².